The zero-order chi connectivity index (χ0) is 18.9. The van der Waals surface area contributed by atoms with Crippen molar-refractivity contribution >= 4 is 21.8 Å². The van der Waals surface area contributed by atoms with E-state index in [1.807, 2.05) is 0 Å². The van der Waals surface area contributed by atoms with Gasteiger partial charge < -0.3 is 8.83 Å². The average molecular weight is 375 g/mol. The Kier molecular flexibility index (Phi) is 4.64. The van der Waals surface area contributed by atoms with Crippen molar-refractivity contribution < 1.29 is 22.0 Å². The third-order valence-electron chi connectivity index (χ3n) is 3.77. The Morgan fingerprint density at radius 2 is 1.81 bits per heavy atom. The fourth-order valence-corrected chi connectivity index (χ4v) is 3.26. The lowest BCUT2D eigenvalue weighted by Gasteiger charge is -2.03. The van der Waals surface area contributed by atoms with Gasteiger partial charge in [-0.2, -0.15) is 0 Å². The molecule has 0 atom stereocenters. The second kappa shape index (κ2) is 6.75. The minimum Gasteiger partial charge on any atom is -0.466 e. The molecule has 8 nitrogen and oxygen atoms in total. The van der Waals surface area contributed by atoms with Crippen molar-refractivity contribution in [2.45, 2.75) is 25.7 Å². The number of sulfone groups is 1. The van der Waals surface area contributed by atoms with Crippen molar-refractivity contribution in [1.82, 2.24) is 10.2 Å². The number of amides is 1. The van der Waals surface area contributed by atoms with Crippen molar-refractivity contribution in [3.63, 3.8) is 0 Å². The first-order valence-corrected chi connectivity index (χ1v) is 9.50. The molecule has 2 aromatic heterocycles. The Morgan fingerprint density at radius 1 is 1.12 bits per heavy atom. The Balaban J connectivity index is 1.76. The van der Waals surface area contributed by atoms with Gasteiger partial charge in [-0.15, -0.1) is 5.10 Å². The van der Waals surface area contributed by atoms with Gasteiger partial charge in [0.2, 0.25) is 0 Å². The van der Waals surface area contributed by atoms with Crippen molar-refractivity contribution in [3.05, 3.63) is 47.4 Å². The van der Waals surface area contributed by atoms with E-state index in [4.69, 9.17) is 8.83 Å². The fraction of sp³-hybridized carbons (Fsp3) is 0.235. The number of hydrogen-bond donors (Lipinski definition) is 1. The molecular weight excluding hydrogens is 358 g/mol. The molecule has 0 saturated carbocycles. The molecule has 0 aliphatic heterocycles. The van der Waals surface area contributed by atoms with E-state index in [0.717, 1.165) is 0 Å². The number of carbonyl (C=O) groups is 1. The summed E-state index contributed by atoms with van der Waals surface area (Å²) in [6.07, 6.45) is 0. The van der Waals surface area contributed by atoms with Gasteiger partial charge in [-0.05, 0) is 44.2 Å². The van der Waals surface area contributed by atoms with E-state index in [1.165, 1.54) is 24.3 Å². The molecule has 0 saturated heterocycles. The maximum absolute atomic E-state index is 12.3. The van der Waals surface area contributed by atoms with Crippen LogP contribution in [-0.2, 0) is 9.84 Å². The Hall–Kier alpha value is -2.94. The maximum atomic E-state index is 12.3. The predicted octanol–water partition coefficient (Wildman–Crippen LogP) is 2.99. The van der Waals surface area contributed by atoms with Gasteiger partial charge in [-0.1, -0.05) is 12.0 Å². The zero-order valence-corrected chi connectivity index (χ0v) is 15.3. The number of benzene rings is 1. The zero-order valence-electron chi connectivity index (χ0n) is 14.4. The van der Waals surface area contributed by atoms with E-state index in [9.17, 15) is 13.2 Å². The molecule has 2 heterocycles. The van der Waals surface area contributed by atoms with Gasteiger partial charge >= 0.3 is 6.01 Å². The van der Waals surface area contributed by atoms with E-state index in [2.05, 4.69) is 15.5 Å². The third-order valence-corrected chi connectivity index (χ3v) is 5.52. The van der Waals surface area contributed by atoms with Gasteiger partial charge in [-0.25, -0.2) is 8.42 Å². The summed E-state index contributed by atoms with van der Waals surface area (Å²) in [5, 5.41) is 10.2. The molecule has 0 fully saturated rings. The highest BCUT2D eigenvalue weighted by Crippen LogP contribution is 2.26. The summed E-state index contributed by atoms with van der Waals surface area (Å²) in [4.78, 5) is 12.4. The van der Waals surface area contributed by atoms with E-state index in [1.54, 1.807) is 26.8 Å². The molecule has 0 unspecified atom stereocenters. The smallest absolute Gasteiger partial charge is 0.322 e. The molecule has 0 spiro atoms. The van der Waals surface area contributed by atoms with E-state index >= 15 is 0 Å². The fourth-order valence-electron chi connectivity index (χ4n) is 2.38. The van der Waals surface area contributed by atoms with Crippen LogP contribution in [0.3, 0.4) is 0 Å². The summed E-state index contributed by atoms with van der Waals surface area (Å²) >= 11 is 0. The van der Waals surface area contributed by atoms with Crippen LogP contribution in [0.25, 0.3) is 11.5 Å². The average Bonchev–Trinajstić information content (AvgIpc) is 3.20. The summed E-state index contributed by atoms with van der Waals surface area (Å²) in [6, 6.07) is 7.35. The van der Waals surface area contributed by atoms with E-state index in [-0.39, 0.29) is 28.1 Å². The molecule has 26 heavy (non-hydrogen) atoms. The Labute approximate surface area is 150 Å². The second-order valence-corrected chi connectivity index (χ2v) is 7.90. The first-order valence-electron chi connectivity index (χ1n) is 7.85. The quantitative estimate of drug-likeness (QED) is 0.729. The van der Waals surface area contributed by atoms with Crippen LogP contribution < -0.4 is 5.32 Å². The first kappa shape index (κ1) is 17.9. The van der Waals surface area contributed by atoms with Gasteiger partial charge in [0.05, 0.1) is 16.2 Å². The summed E-state index contributed by atoms with van der Waals surface area (Å²) in [5.74, 6) is 1.09. The van der Waals surface area contributed by atoms with Crippen LogP contribution in [0.4, 0.5) is 6.01 Å². The Morgan fingerprint density at radius 3 is 2.38 bits per heavy atom. The molecule has 136 valence electrons. The first-order chi connectivity index (χ1) is 12.3. The van der Waals surface area contributed by atoms with Gasteiger partial charge in [0.1, 0.15) is 11.5 Å². The van der Waals surface area contributed by atoms with E-state index in [0.29, 0.717) is 17.1 Å². The number of nitrogens with one attached hydrogen (secondary N) is 1. The minimum atomic E-state index is -3.31. The van der Waals surface area contributed by atoms with Crippen LogP contribution >= 0.6 is 0 Å². The highest BCUT2D eigenvalue weighted by molar-refractivity contribution is 7.91. The molecule has 9 heteroatoms. The standard InChI is InChI=1S/C17H17N3O5S/c1-4-26(22,23)13-7-5-12(6-8-13)15(21)18-17-20-19-16(25-17)14-9-10(2)24-11(14)3/h5-9H,4H2,1-3H3,(H,18,20,21). The molecule has 1 aromatic carbocycles. The molecule has 3 rings (SSSR count). The lowest BCUT2D eigenvalue weighted by Crippen LogP contribution is -2.12. The predicted molar refractivity (Wildman–Crippen MR) is 93.6 cm³/mol. The van der Waals surface area contributed by atoms with Crippen molar-refractivity contribution in [3.8, 4) is 11.5 Å². The van der Waals surface area contributed by atoms with Crippen LogP contribution in [0.5, 0.6) is 0 Å². The largest absolute Gasteiger partial charge is 0.466 e. The van der Waals surface area contributed by atoms with Gasteiger partial charge in [0, 0.05) is 5.56 Å². The molecule has 0 aliphatic rings. The topological polar surface area (TPSA) is 115 Å². The second-order valence-electron chi connectivity index (χ2n) is 5.62. The number of rotatable bonds is 5. The molecule has 0 radical (unpaired) electrons. The number of furan rings is 1. The van der Waals surface area contributed by atoms with Gasteiger partial charge in [0.15, 0.2) is 9.84 Å². The highest BCUT2D eigenvalue weighted by Gasteiger charge is 2.17. The number of aromatic nitrogens is 2. The van der Waals surface area contributed by atoms with Crippen molar-refractivity contribution in [2.75, 3.05) is 11.1 Å². The summed E-state index contributed by atoms with van der Waals surface area (Å²) < 4.78 is 34.5. The van der Waals surface area contributed by atoms with Crippen LogP contribution in [0.15, 0.2) is 44.1 Å². The SMILES string of the molecule is CCS(=O)(=O)c1ccc(C(=O)Nc2nnc(-c3cc(C)oc3C)o2)cc1. The lowest BCUT2D eigenvalue weighted by molar-refractivity contribution is 0.102. The molecule has 3 aromatic rings. The van der Waals surface area contributed by atoms with Crippen LogP contribution in [0.2, 0.25) is 0 Å². The molecular formula is C17H17N3O5S. The Bertz CT molecular complexity index is 1050. The summed E-state index contributed by atoms with van der Waals surface area (Å²) in [5.41, 5.74) is 0.930. The normalized spacial score (nSPS) is 11.5. The van der Waals surface area contributed by atoms with Crippen molar-refractivity contribution in [1.29, 1.82) is 0 Å². The van der Waals surface area contributed by atoms with Gasteiger partial charge in [-0.3, -0.25) is 10.1 Å². The number of hydrogen-bond acceptors (Lipinski definition) is 7. The number of aryl methyl sites for hydroxylation is 2. The minimum absolute atomic E-state index is 0.00376. The molecule has 1 N–H and O–H groups in total. The molecule has 1 amide bonds. The van der Waals surface area contributed by atoms with E-state index < -0.39 is 15.7 Å². The maximum Gasteiger partial charge on any atom is 0.322 e. The molecule has 0 bridgehead atoms. The third kappa shape index (κ3) is 3.52. The van der Waals surface area contributed by atoms with Crippen molar-refractivity contribution in [2.24, 2.45) is 0 Å². The lowest BCUT2D eigenvalue weighted by atomic mass is 10.2. The number of carbonyl (C=O) groups excluding carboxylic acids is 1. The van der Waals surface area contributed by atoms with Gasteiger partial charge in [0.25, 0.3) is 11.8 Å². The monoisotopic (exact) mass is 375 g/mol. The summed E-state index contributed by atoms with van der Waals surface area (Å²) in [6.45, 7) is 5.14. The number of nitrogens with zero attached hydrogens (tertiary/aromatic N) is 2. The summed E-state index contributed by atoms with van der Waals surface area (Å²) in [7, 11) is -3.31. The van der Waals surface area contributed by atoms with Crippen LogP contribution in [-0.4, -0.2) is 30.3 Å². The van der Waals surface area contributed by atoms with Crippen LogP contribution in [0.1, 0.15) is 28.8 Å². The van der Waals surface area contributed by atoms with Crippen LogP contribution in [0, 0.1) is 13.8 Å². The highest BCUT2D eigenvalue weighted by atomic mass is 32.2. The molecule has 0 aliphatic carbocycles. The number of anilines is 1.